The first-order chi connectivity index (χ1) is 13.1. The van der Waals surface area contributed by atoms with Gasteiger partial charge in [0.25, 0.3) is 5.91 Å². The maximum Gasteiger partial charge on any atom is 0.272 e. The van der Waals surface area contributed by atoms with Gasteiger partial charge in [-0.05, 0) is 50.9 Å². The Balaban J connectivity index is 0.00000225. The van der Waals surface area contributed by atoms with Crippen LogP contribution in [-0.4, -0.2) is 47.3 Å². The first-order valence-electron chi connectivity index (χ1n) is 9.56. The van der Waals surface area contributed by atoms with Gasteiger partial charge in [0, 0.05) is 25.0 Å². The minimum atomic E-state index is -0.500. The van der Waals surface area contributed by atoms with Crippen molar-refractivity contribution < 1.29 is 9.59 Å². The molecule has 2 aliphatic rings. The van der Waals surface area contributed by atoms with E-state index in [2.05, 4.69) is 15.7 Å². The molecule has 8 heteroatoms. The van der Waals surface area contributed by atoms with E-state index in [0.29, 0.717) is 18.7 Å². The number of carbonyl (C=O) groups excluding carboxylic acids is 2. The van der Waals surface area contributed by atoms with Crippen LogP contribution < -0.4 is 15.5 Å². The van der Waals surface area contributed by atoms with E-state index in [1.807, 2.05) is 42.1 Å². The van der Waals surface area contributed by atoms with Gasteiger partial charge in [0.1, 0.15) is 11.7 Å². The van der Waals surface area contributed by atoms with Crippen LogP contribution in [0.25, 0.3) is 0 Å². The number of piperidine rings is 1. The molecular formula is C20H26ClN5O2. The lowest BCUT2D eigenvalue weighted by Gasteiger charge is -2.22. The van der Waals surface area contributed by atoms with E-state index >= 15 is 0 Å². The largest absolute Gasteiger partial charge is 0.339 e. The van der Waals surface area contributed by atoms with Gasteiger partial charge in [0.05, 0.1) is 6.04 Å². The minimum absolute atomic E-state index is 0. The molecule has 1 aromatic carbocycles. The van der Waals surface area contributed by atoms with Gasteiger partial charge in [-0.15, -0.1) is 12.4 Å². The van der Waals surface area contributed by atoms with Gasteiger partial charge >= 0.3 is 0 Å². The van der Waals surface area contributed by atoms with Crippen molar-refractivity contribution in [1.29, 1.82) is 0 Å². The maximum atomic E-state index is 12.7. The van der Waals surface area contributed by atoms with E-state index < -0.39 is 6.04 Å². The van der Waals surface area contributed by atoms with Crippen LogP contribution in [0.1, 0.15) is 41.4 Å². The zero-order valence-electron chi connectivity index (χ0n) is 15.9. The molecule has 150 valence electrons. The third kappa shape index (κ3) is 4.20. The summed E-state index contributed by atoms with van der Waals surface area (Å²) in [6.07, 6.45) is 4.62. The van der Waals surface area contributed by atoms with Gasteiger partial charge in [0.15, 0.2) is 0 Å². The van der Waals surface area contributed by atoms with E-state index in [9.17, 15) is 9.59 Å². The highest BCUT2D eigenvalue weighted by molar-refractivity contribution is 6.03. The molecule has 28 heavy (non-hydrogen) atoms. The molecule has 2 aromatic rings. The van der Waals surface area contributed by atoms with Gasteiger partial charge in [-0.2, -0.15) is 5.10 Å². The Morgan fingerprint density at radius 3 is 2.71 bits per heavy atom. The molecule has 0 bridgehead atoms. The van der Waals surface area contributed by atoms with E-state index in [4.69, 9.17) is 0 Å². The van der Waals surface area contributed by atoms with Crippen molar-refractivity contribution >= 4 is 29.9 Å². The fourth-order valence-electron chi connectivity index (χ4n) is 3.75. The molecule has 2 atom stereocenters. The summed E-state index contributed by atoms with van der Waals surface area (Å²) in [6, 6.07) is 9.36. The highest BCUT2D eigenvalue weighted by atomic mass is 35.5. The summed E-state index contributed by atoms with van der Waals surface area (Å²) in [5.41, 5.74) is 2.39. The summed E-state index contributed by atoms with van der Waals surface area (Å²) in [6.45, 7) is 4.53. The predicted octanol–water partition coefficient (Wildman–Crippen LogP) is 2.07. The number of halogens is 1. The predicted molar refractivity (Wildman–Crippen MR) is 110 cm³/mol. The Kier molecular flexibility index (Phi) is 6.36. The third-order valence-corrected chi connectivity index (χ3v) is 5.34. The minimum Gasteiger partial charge on any atom is -0.339 e. The zero-order chi connectivity index (χ0) is 18.8. The molecule has 2 aliphatic heterocycles. The van der Waals surface area contributed by atoms with Gasteiger partial charge in [0.2, 0.25) is 5.91 Å². The molecule has 7 nitrogen and oxygen atoms in total. The summed E-state index contributed by atoms with van der Waals surface area (Å²) < 4.78 is 1.86. The van der Waals surface area contributed by atoms with Crippen LogP contribution in [0.4, 0.5) is 5.69 Å². The second kappa shape index (κ2) is 8.75. The van der Waals surface area contributed by atoms with E-state index in [-0.39, 0.29) is 30.3 Å². The number of aryl methyl sites for hydroxylation is 1. The molecular weight excluding hydrogens is 378 g/mol. The number of hydrogen-bond acceptors (Lipinski definition) is 4. The first kappa shape index (κ1) is 20.4. The fraction of sp³-hybridized carbons (Fsp3) is 0.450. The maximum absolute atomic E-state index is 12.7. The van der Waals surface area contributed by atoms with E-state index in [1.165, 1.54) is 0 Å². The van der Waals surface area contributed by atoms with Crippen LogP contribution in [0.2, 0.25) is 0 Å². The Hall–Kier alpha value is -2.38. The van der Waals surface area contributed by atoms with Crippen LogP contribution in [0.5, 0.6) is 0 Å². The third-order valence-electron chi connectivity index (χ3n) is 5.34. The highest BCUT2D eigenvalue weighted by Crippen LogP contribution is 2.22. The van der Waals surface area contributed by atoms with Crippen LogP contribution in [0.15, 0.2) is 36.5 Å². The number of benzene rings is 1. The smallest absolute Gasteiger partial charge is 0.272 e. The number of amides is 2. The van der Waals surface area contributed by atoms with Crippen LogP contribution in [0.3, 0.4) is 0 Å². The van der Waals surface area contributed by atoms with Crippen molar-refractivity contribution in [3.63, 3.8) is 0 Å². The zero-order valence-corrected chi connectivity index (χ0v) is 16.7. The molecule has 2 unspecified atom stereocenters. The number of carbonyl (C=O) groups is 2. The Morgan fingerprint density at radius 1 is 1.21 bits per heavy atom. The molecule has 0 aliphatic carbocycles. The van der Waals surface area contributed by atoms with Crippen LogP contribution in [-0.2, 0) is 4.79 Å². The van der Waals surface area contributed by atoms with Gasteiger partial charge in [-0.1, -0.05) is 17.7 Å². The number of nitrogens with zero attached hydrogens (tertiary/aromatic N) is 3. The average molecular weight is 404 g/mol. The lowest BCUT2D eigenvalue weighted by Crippen LogP contribution is -2.41. The Labute approximate surface area is 170 Å². The molecule has 2 N–H and O–H groups in total. The summed E-state index contributed by atoms with van der Waals surface area (Å²) in [7, 11) is 0. The molecule has 0 saturated carbocycles. The number of anilines is 1. The molecule has 2 fully saturated rings. The van der Waals surface area contributed by atoms with Gasteiger partial charge < -0.3 is 15.5 Å². The number of rotatable bonds is 4. The number of hydrogen-bond donors (Lipinski definition) is 2. The van der Waals surface area contributed by atoms with Gasteiger partial charge in [-0.25, -0.2) is 0 Å². The molecule has 2 saturated heterocycles. The highest BCUT2D eigenvalue weighted by Gasteiger charge is 2.34. The normalized spacial score (nSPS) is 22.0. The second-order valence-electron chi connectivity index (χ2n) is 7.32. The van der Waals surface area contributed by atoms with Crippen molar-refractivity contribution in [3.8, 4) is 0 Å². The summed E-state index contributed by atoms with van der Waals surface area (Å²) in [4.78, 5) is 27.0. The van der Waals surface area contributed by atoms with Crippen molar-refractivity contribution in [2.24, 2.45) is 0 Å². The monoisotopic (exact) mass is 403 g/mol. The van der Waals surface area contributed by atoms with Gasteiger partial charge in [-0.3, -0.25) is 14.3 Å². The number of aromatic nitrogens is 2. The molecule has 2 amide bonds. The Bertz CT molecular complexity index is 829. The first-order valence-corrected chi connectivity index (χ1v) is 9.56. The second-order valence-corrected chi connectivity index (χ2v) is 7.32. The van der Waals surface area contributed by atoms with Crippen molar-refractivity contribution in [1.82, 2.24) is 20.4 Å². The van der Waals surface area contributed by atoms with Crippen molar-refractivity contribution in [2.75, 3.05) is 24.5 Å². The molecule has 0 spiro atoms. The molecule has 3 heterocycles. The summed E-state index contributed by atoms with van der Waals surface area (Å²) in [5.74, 6) is -0.357. The fourth-order valence-corrected chi connectivity index (χ4v) is 3.75. The lowest BCUT2D eigenvalue weighted by atomic mass is 10.1. The standard InChI is InChI=1S/C20H25N5O2.ClH/c1-14-4-6-15(7-5-14)24-11-8-18(20(24)27)22-19(26)17-9-12-25(23-17)16-3-2-10-21-13-16;/h4-7,9,12,16,18,21H,2-3,8,10-11,13H2,1H3,(H,22,26);1H. The SMILES string of the molecule is Cc1ccc(N2CCC(NC(=O)c3ccn(C4CCCNC4)n3)C2=O)cc1.Cl. The quantitative estimate of drug-likeness (QED) is 0.819. The number of nitrogens with one attached hydrogen (secondary N) is 2. The summed E-state index contributed by atoms with van der Waals surface area (Å²) >= 11 is 0. The van der Waals surface area contributed by atoms with Crippen molar-refractivity contribution in [2.45, 2.75) is 38.3 Å². The van der Waals surface area contributed by atoms with Crippen LogP contribution in [0, 0.1) is 6.92 Å². The van der Waals surface area contributed by atoms with E-state index in [0.717, 1.165) is 37.2 Å². The molecule has 4 rings (SSSR count). The van der Waals surface area contributed by atoms with Crippen LogP contribution >= 0.6 is 12.4 Å². The molecule has 0 radical (unpaired) electrons. The Morgan fingerprint density at radius 2 is 2.00 bits per heavy atom. The molecule has 1 aromatic heterocycles. The summed E-state index contributed by atoms with van der Waals surface area (Å²) in [5, 5.41) is 10.6. The van der Waals surface area contributed by atoms with E-state index in [1.54, 1.807) is 11.0 Å². The topological polar surface area (TPSA) is 79.3 Å². The lowest BCUT2D eigenvalue weighted by molar-refractivity contribution is -0.118. The van der Waals surface area contributed by atoms with Crippen molar-refractivity contribution in [3.05, 3.63) is 47.8 Å². The average Bonchev–Trinajstić information content (AvgIpc) is 3.31.